The summed E-state index contributed by atoms with van der Waals surface area (Å²) in [7, 11) is 3.11. The molecule has 0 bridgehead atoms. The summed E-state index contributed by atoms with van der Waals surface area (Å²) in [5.74, 6) is 2.13. The molecule has 1 heterocycles. The van der Waals surface area contributed by atoms with Crippen LogP contribution in [0.5, 0.6) is 11.8 Å². The largest absolute Gasteiger partial charge is 0.481 e. The molecule has 1 aromatic heterocycles. The molecule has 5 nitrogen and oxygen atoms in total. The Morgan fingerprint density at radius 3 is 2.31 bits per heavy atom. The van der Waals surface area contributed by atoms with Crippen molar-refractivity contribution in [2.75, 3.05) is 32.0 Å². The predicted molar refractivity (Wildman–Crippen MR) is 63.6 cm³/mol. The molecule has 16 heavy (non-hydrogen) atoms. The number of nitrogens with zero attached hydrogens (tertiary/aromatic N) is 2. The van der Waals surface area contributed by atoms with Crippen LogP contribution in [0.3, 0.4) is 0 Å². The van der Waals surface area contributed by atoms with E-state index in [1.165, 1.54) is 0 Å². The van der Waals surface area contributed by atoms with Crippen LogP contribution in [0, 0.1) is 0 Å². The lowest BCUT2D eigenvalue weighted by atomic mass is 10.3. The second-order valence-electron chi connectivity index (χ2n) is 3.10. The molecule has 1 rings (SSSR count). The van der Waals surface area contributed by atoms with Crippen molar-refractivity contribution in [3.05, 3.63) is 6.07 Å². The Balaban J connectivity index is 2.57. The van der Waals surface area contributed by atoms with E-state index in [0.717, 1.165) is 19.4 Å². The van der Waals surface area contributed by atoms with Crippen molar-refractivity contribution >= 4 is 17.5 Å². The van der Waals surface area contributed by atoms with E-state index >= 15 is 0 Å². The van der Waals surface area contributed by atoms with Crippen molar-refractivity contribution in [3.8, 4) is 11.8 Å². The van der Waals surface area contributed by atoms with E-state index in [-0.39, 0.29) is 0 Å². The van der Waals surface area contributed by atoms with Gasteiger partial charge in [0.2, 0.25) is 17.7 Å². The van der Waals surface area contributed by atoms with Crippen LogP contribution < -0.4 is 14.8 Å². The van der Waals surface area contributed by atoms with Gasteiger partial charge in [0.25, 0.3) is 0 Å². The highest BCUT2D eigenvalue weighted by atomic mass is 35.5. The molecule has 0 radical (unpaired) electrons. The molecule has 0 aliphatic carbocycles. The smallest absolute Gasteiger partial charge is 0.229 e. The number of rotatable bonds is 7. The molecule has 0 fully saturated rings. The van der Waals surface area contributed by atoms with Gasteiger partial charge in [0, 0.05) is 12.4 Å². The predicted octanol–water partition coefficient (Wildman–Crippen LogP) is 1.92. The number of hydrogen-bond donors (Lipinski definition) is 1. The highest BCUT2D eigenvalue weighted by molar-refractivity contribution is 6.17. The van der Waals surface area contributed by atoms with Gasteiger partial charge in [-0.15, -0.1) is 11.6 Å². The molecule has 1 N–H and O–H groups in total. The van der Waals surface area contributed by atoms with Crippen molar-refractivity contribution in [2.45, 2.75) is 12.8 Å². The Hall–Kier alpha value is -1.23. The monoisotopic (exact) mass is 245 g/mol. The Bertz CT molecular complexity index is 301. The van der Waals surface area contributed by atoms with E-state index in [1.807, 2.05) is 0 Å². The maximum Gasteiger partial charge on any atom is 0.229 e. The first-order valence-corrected chi connectivity index (χ1v) is 5.60. The van der Waals surface area contributed by atoms with Gasteiger partial charge in [0.05, 0.1) is 20.3 Å². The van der Waals surface area contributed by atoms with Gasteiger partial charge in [-0.25, -0.2) is 0 Å². The van der Waals surface area contributed by atoms with Crippen molar-refractivity contribution in [2.24, 2.45) is 0 Å². The summed E-state index contributed by atoms with van der Waals surface area (Å²) in [5, 5.41) is 3.09. The molecule has 0 saturated carbocycles. The van der Waals surface area contributed by atoms with Crippen molar-refractivity contribution < 1.29 is 9.47 Å². The van der Waals surface area contributed by atoms with Gasteiger partial charge < -0.3 is 14.8 Å². The highest BCUT2D eigenvalue weighted by Crippen LogP contribution is 2.17. The fourth-order valence-electron chi connectivity index (χ4n) is 1.11. The van der Waals surface area contributed by atoms with E-state index in [1.54, 1.807) is 20.3 Å². The Morgan fingerprint density at radius 1 is 1.19 bits per heavy atom. The Morgan fingerprint density at radius 2 is 1.81 bits per heavy atom. The van der Waals surface area contributed by atoms with Gasteiger partial charge in [-0.1, -0.05) is 0 Å². The van der Waals surface area contributed by atoms with E-state index in [9.17, 15) is 0 Å². The molecule has 0 atom stereocenters. The average molecular weight is 246 g/mol. The third-order valence-corrected chi connectivity index (χ3v) is 2.21. The van der Waals surface area contributed by atoms with E-state index in [4.69, 9.17) is 21.1 Å². The summed E-state index contributed by atoms with van der Waals surface area (Å²) in [6.07, 6.45) is 1.95. The normalized spacial score (nSPS) is 9.94. The number of alkyl halides is 1. The first-order valence-electron chi connectivity index (χ1n) is 5.07. The molecule has 0 aliphatic rings. The molecule has 6 heteroatoms. The number of ether oxygens (including phenoxy) is 2. The molecule has 0 aromatic carbocycles. The summed E-state index contributed by atoms with van der Waals surface area (Å²) in [4.78, 5) is 8.28. The SMILES string of the molecule is COc1cc(OC)nc(NCCCCCl)n1. The first kappa shape index (κ1) is 12.8. The van der Waals surface area contributed by atoms with Crippen LogP contribution in [-0.4, -0.2) is 36.6 Å². The minimum atomic E-state index is 0.478. The Labute approximate surface area is 100 Å². The van der Waals surface area contributed by atoms with Crippen LogP contribution in [0.2, 0.25) is 0 Å². The summed E-state index contributed by atoms with van der Waals surface area (Å²) in [5.41, 5.74) is 0. The van der Waals surface area contributed by atoms with Crippen LogP contribution in [0.1, 0.15) is 12.8 Å². The van der Waals surface area contributed by atoms with Gasteiger partial charge in [0.1, 0.15) is 0 Å². The van der Waals surface area contributed by atoms with Gasteiger partial charge in [-0.3, -0.25) is 0 Å². The maximum absolute atomic E-state index is 5.58. The number of hydrogen-bond acceptors (Lipinski definition) is 5. The van der Waals surface area contributed by atoms with Crippen molar-refractivity contribution in [1.29, 1.82) is 0 Å². The quantitative estimate of drug-likeness (QED) is 0.588. The van der Waals surface area contributed by atoms with Crippen LogP contribution >= 0.6 is 11.6 Å². The van der Waals surface area contributed by atoms with E-state index in [2.05, 4.69) is 15.3 Å². The first-order chi connectivity index (χ1) is 7.80. The second kappa shape index (κ2) is 7.11. The van der Waals surface area contributed by atoms with E-state index < -0.39 is 0 Å². The number of anilines is 1. The fraction of sp³-hybridized carbons (Fsp3) is 0.600. The number of nitrogens with one attached hydrogen (secondary N) is 1. The molecular weight excluding hydrogens is 230 g/mol. The van der Waals surface area contributed by atoms with Gasteiger partial charge in [0.15, 0.2) is 0 Å². The highest BCUT2D eigenvalue weighted by Gasteiger charge is 2.04. The second-order valence-corrected chi connectivity index (χ2v) is 3.48. The van der Waals surface area contributed by atoms with Crippen LogP contribution in [0.25, 0.3) is 0 Å². The molecule has 0 saturated heterocycles. The van der Waals surface area contributed by atoms with Crippen molar-refractivity contribution in [1.82, 2.24) is 9.97 Å². The molecule has 90 valence electrons. The van der Waals surface area contributed by atoms with Gasteiger partial charge in [-0.05, 0) is 12.8 Å². The number of unbranched alkanes of at least 4 members (excludes halogenated alkanes) is 1. The molecule has 0 amide bonds. The summed E-state index contributed by atoms with van der Waals surface area (Å²) < 4.78 is 10.1. The standard InChI is InChI=1S/C10H16ClN3O2/c1-15-8-7-9(16-2)14-10(13-8)12-6-4-3-5-11/h7H,3-6H2,1-2H3,(H,12,13,14). The minimum Gasteiger partial charge on any atom is -0.481 e. The molecule has 0 unspecified atom stereocenters. The number of methoxy groups -OCH3 is 2. The summed E-state index contributed by atoms with van der Waals surface area (Å²) in [6.45, 7) is 0.781. The molecular formula is C10H16ClN3O2. The average Bonchev–Trinajstić information content (AvgIpc) is 2.34. The topological polar surface area (TPSA) is 56.3 Å². The Kier molecular flexibility index (Phi) is 5.71. The third kappa shape index (κ3) is 4.10. The van der Waals surface area contributed by atoms with Crippen LogP contribution in [-0.2, 0) is 0 Å². The zero-order chi connectivity index (χ0) is 11.8. The summed E-state index contributed by atoms with van der Waals surface area (Å²) in [6, 6.07) is 1.63. The minimum absolute atomic E-state index is 0.478. The lowest BCUT2D eigenvalue weighted by molar-refractivity contribution is 0.373. The van der Waals surface area contributed by atoms with E-state index in [0.29, 0.717) is 23.6 Å². The molecule has 1 aromatic rings. The fourth-order valence-corrected chi connectivity index (χ4v) is 1.30. The lowest BCUT2D eigenvalue weighted by Crippen LogP contribution is -2.07. The van der Waals surface area contributed by atoms with Crippen LogP contribution in [0.4, 0.5) is 5.95 Å². The number of aromatic nitrogens is 2. The molecule has 0 spiro atoms. The third-order valence-electron chi connectivity index (χ3n) is 1.94. The maximum atomic E-state index is 5.58. The van der Waals surface area contributed by atoms with Gasteiger partial charge >= 0.3 is 0 Å². The lowest BCUT2D eigenvalue weighted by Gasteiger charge is -2.07. The summed E-state index contributed by atoms with van der Waals surface area (Å²) >= 11 is 5.58. The zero-order valence-corrected chi connectivity index (χ0v) is 10.3. The van der Waals surface area contributed by atoms with Gasteiger partial charge in [-0.2, -0.15) is 9.97 Å². The van der Waals surface area contributed by atoms with Crippen molar-refractivity contribution in [3.63, 3.8) is 0 Å². The zero-order valence-electron chi connectivity index (χ0n) is 9.49. The molecule has 0 aliphatic heterocycles. The van der Waals surface area contributed by atoms with Crippen LogP contribution in [0.15, 0.2) is 6.07 Å². The number of halogens is 1.